The maximum Gasteiger partial charge on any atom is 0.0468 e. The van der Waals surface area contributed by atoms with E-state index < -0.39 is 0 Å². The molecule has 0 saturated heterocycles. The van der Waals surface area contributed by atoms with Gasteiger partial charge in [0.25, 0.3) is 0 Å². The summed E-state index contributed by atoms with van der Waals surface area (Å²) in [5.74, 6) is 0. The molecule has 0 spiro atoms. The van der Waals surface area contributed by atoms with Gasteiger partial charge in [-0.05, 0) is 92.3 Å². The van der Waals surface area contributed by atoms with Crippen LogP contribution in [0.4, 0.5) is 17.1 Å². The third kappa shape index (κ3) is 4.46. The Kier molecular flexibility index (Phi) is 6.40. The number of hydrogen-bond acceptors (Lipinski definition) is 2. The zero-order valence-electron chi connectivity index (χ0n) is 25.1. The van der Waals surface area contributed by atoms with Gasteiger partial charge in [-0.25, -0.2) is 0 Å². The van der Waals surface area contributed by atoms with Gasteiger partial charge >= 0.3 is 0 Å². The standard InChI is InChI=1S/C44H29NS/c1-2-15-33(16-3-1)45(34-25-23-32(24-26-34)37-19-8-13-30-11-4-6-17-36(30)37)35-27-28-42-41(29-35)44-40(21-10-22-43(44)46-42)39-20-9-14-31-12-5-7-18-38(31)39/h1-29H. The molecule has 0 fully saturated rings. The molecule has 0 radical (unpaired) electrons. The third-order valence-corrected chi connectivity index (χ3v) is 10.2. The van der Waals surface area contributed by atoms with Crippen LogP contribution in [0.1, 0.15) is 0 Å². The predicted octanol–water partition coefficient (Wildman–Crippen LogP) is 13.2. The quantitative estimate of drug-likeness (QED) is 0.189. The third-order valence-electron chi connectivity index (χ3n) is 9.06. The van der Waals surface area contributed by atoms with Crippen LogP contribution in [0.2, 0.25) is 0 Å². The number of anilines is 3. The van der Waals surface area contributed by atoms with E-state index in [9.17, 15) is 0 Å². The lowest BCUT2D eigenvalue weighted by Gasteiger charge is -2.26. The number of fused-ring (bicyclic) bond motifs is 5. The highest BCUT2D eigenvalue weighted by Crippen LogP contribution is 2.45. The molecule has 0 amide bonds. The highest BCUT2D eigenvalue weighted by molar-refractivity contribution is 7.26. The van der Waals surface area contributed by atoms with Gasteiger partial charge in [-0.15, -0.1) is 11.3 Å². The Bertz CT molecular complexity index is 2520. The van der Waals surface area contributed by atoms with Gasteiger partial charge in [-0.1, -0.05) is 127 Å². The van der Waals surface area contributed by atoms with Crippen LogP contribution in [0.15, 0.2) is 176 Å². The molecule has 0 unspecified atom stereocenters. The molecule has 2 heteroatoms. The maximum absolute atomic E-state index is 2.38. The Balaban J connectivity index is 1.21. The largest absolute Gasteiger partial charge is 0.310 e. The van der Waals surface area contributed by atoms with Gasteiger partial charge < -0.3 is 4.90 Å². The minimum Gasteiger partial charge on any atom is -0.310 e. The number of benzene rings is 8. The molecule has 46 heavy (non-hydrogen) atoms. The molecule has 216 valence electrons. The van der Waals surface area contributed by atoms with Gasteiger partial charge in [0.05, 0.1) is 0 Å². The lowest BCUT2D eigenvalue weighted by Crippen LogP contribution is -2.09. The van der Waals surface area contributed by atoms with Crippen molar-refractivity contribution in [1.29, 1.82) is 0 Å². The first-order chi connectivity index (χ1) is 22.8. The molecule has 0 bridgehead atoms. The Morgan fingerprint density at radius 1 is 0.348 bits per heavy atom. The fourth-order valence-corrected chi connectivity index (χ4v) is 8.04. The summed E-state index contributed by atoms with van der Waals surface area (Å²) in [6.45, 7) is 0. The second-order valence-electron chi connectivity index (χ2n) is 11.7. The van der Waals surface area contributed by atoms with E-state index in [2.05, 4.69) is 181 Å². The van der Waals surface area contributed by atoms with Crippen molar-refractivity contribution in [3.63, 3.8) is 0 Å². The summed E-state index contributed by atoms with van der Waals surface area (Å²) in [5.41, 5.74) is 8.43. The van der Waals surface area contributed by atoms with E-state index in [-0.39, 0.29) is 0 Å². The van der Waals surface area contributed by atoms with E-state index >= 15 is 0 Å². The van der Waals surface area contributed by atoms with Crippen LogP contribution in [0, 0.1) is 0 Å². The molecular formula is C44H29NS. The normalized spacial score (nSPS) is 11.5. The highest BCUT2D eigenvalue weighted by atomic mass is 32.1. The predicted molar refractivity (Wildman–Crippen MR) is 200 cm³/mol. The van der Waals surface area contributed by atoms with E-state index in [1.807, 2.05) is 11.3 Å². The van der Waals surface area contributed by atoms with Gasteiger partial charge in [-0.2, -0.15) is 0 Å². The molecule has 0 N–H and O–H groups in total. The van der Waals surface area contributed by atoms with Gasteiger partial charge in [0.1, 0.15) is 0 Å². The number of nitrogens with zero attached hydrogens (tertiary/aromatic N) is 1. The second kappa shape index (κ2) is 11.0. The summed E-state index contributed by atoms with van der Waals surface area (Å²) < 4.78 is 2.61. The molecular weight excluding hydrogens is 575 g/mol. The average molecular weight is 604 g/mol. The second-order valence-corrected chi connectivity index (χ2v) is 12.8. The van der Waals surface area contributed by atoms with Crippen LogP contribution in [0.3, 0.4) is 0 Å². The zero-order valence-corrected chi connectivity index (χ0v) is 25.9. The summed E-state index contributed by atoms with van der Waals surface area (Å²) in [5, 5.41) is 7.68. The van der Waals surface area contributed by atoms with Gasteiger partial charge in [-0.3, -0.25) is 0 Å². The van der Waals surface area contributed by atoms with E-state index in [4.69, 9.17) is 0 Å². The van der Waals surface area contributed by atoms with Gasteiger partial charge in [0, 0.05) is 37.2 Å². The molecule has 1 aromatic heterocycles. The van der Waals surface area contributed by atoms with Crippen molar-refractivity contribution in [3.05, 3.63) is 176 Å². The summed E-state index contributed by atoms with van der Waals surface area (Å²) in [4.78, 5) is 2.37. The van der Waals surface area contributed by atoms with Crippen LogP contribution < -0.4 is 4.90 Å². The first-order valence-electron chi connectivity index (χ1n) is 15.7. The van der Waals surface area contributed by atoms with E-state index in [1.54, 1.807) is 0 Å². The van der Waals surface area contributed by atoms with E-state index in [0.29, 0.717) is 0 Å². The van der Waals surface area contributed by atoms with Gasteiger partial charge in [0.2, 0.25) is 0 Å². The number of thiophene rings is 1. The van der Waals surface area contributed by atoms with Crippen LogP contribution in [-0.2, 0) is 0 Å². The van der Waals surface area contributed by atoms with E-state index in [1.165, 1.54) is 64.0 Å². The van der Waals surface area contributed by atoms with Crippen LogP contribution in [0.5, 0.6) is 0 Å². The van der Waals surface area contributed by atoms with Gasteiger partial charge in [0.15, 0.2) is 0 Å². The Labute approximate surface area is 272 Å². The zero-order chi connectivity index (χ0) is 30.5. The van der Waals surface area contributed by atoms with Crippen molar-refractivity contribution < 1.29 is 0 Å². The fourth-order valence-electron chi connectivity index (χ4n) is 6.93. The summed E-state index contributed by atoms with van der Waals surface area (Å²) in [6.07, 6.45) is 0. The van der Waals surface area contributed by atoms with Crippen LogP contribution in [-0.4, -0.2) is 0 Å². The summed E-state index contributed by atoms with van der Waals surface area (Å²) >= 11 is 1.87. The smallest absolute Gasteiger partial charge is 0.0468 e. The highest BCUT2D eigenvalue weighted by Gasteiger charge is 2.17. The minimum atomic E-state index is 1.13. The van der Waals surface area contributed by atoms with E-state index in [0.717, 1.165) is 17.1 Å². The molecule has 8 aromatic carbocycles. The Morgan fingerprint density at radius 3 is 1.67 bits per heavy atom. The first kappa shape index (κ1) is 26.7. The molecule has 9 aromatic rings. The molecule has 0 aliphatic rings. The van der Waals surface area contributed by atoms with Crippen molar-refractivity contribution in [1.82, 2.24) is 0 Å². The van der Waals surface area contributed by atoms with Crippen LogP contribution >= 0.6 is 11.3 Å². The fraction of sp³-hybridized carbons (Fsp3) is 0. The van der Waals surface area contributed by atoms with Crippen molar-refractivity contribution in [2.24, 2.45) is 0 Å². The topological polar surface area (TPSA) is 3.24 Å². The monoisotopic (exact) mass is 603 g/mol. The number of hydrogen-bond donors (Lipinski definition) is 0. The van der Waals surface area contributed by atoms with Crippen molar-refractivity contribution in [2.75, 3.05) is 4.90 Å². The minimum absolute atomic E-state index is 1.13. The number of rotatable bonds is 5. The van der Waals surface area contributed by atoms with Crippen molar-refractivity contribution in [2.45, 2.75) is 0 Å². The SMILES string of the molecule is c1ccc(N(c2ccc(-c3cccc4ccccc34)cc2)c2ccc3sc4cccc(-c5cccc6ccccc56)c4c3c2)cc1. The molecule has 1 nitrogen and oxygen atoms in total. The lowest BCUT2D eigenvalue weighted by atomic mass is 9.94. The summed E-state index contributed by atoms with van der Waals surface area (Å²) in [7, 11) is 0. The molecule has 0 saturated carbocycles. The van der Waals surface area contributed by atoms with Crippen LogP contribution in [0.25, 0.3) is 64.0 Å². The lowest BCUT2D eigenvalue weighted by molar-refractivity contribution is 1.29. The van der Waals surface area contributed by atoms with Crippen molar-refractivity contribution >= 4 is 70.1 Å². The molecule has 1 heterocycles. The number of para-hydroxylation sites is 1. The molecule has 0 atom stereocenters. The Morgan fingerprint density at radius 2 is 0.913 bits per heavy atom. The molecule has 0 aliphatic heterocycles. The Hall–Kier alpha value is -5.70. The maximum atomic E-state index is 2.38. The average Bonchev–Trinajstić information content (AvgIpc) is 3.50. The summed E-state index contributed by atoms with van der Waals surface area (Å²) in [6, 6.07) is 63.9. The first-order valence-corrected chi connectivity index (χ1v) is 16.5. The molecule has 0 aliphatic carbocycles. The molecule has 9 rings (SSSR count). The van der Waals surface area contributed by atoms with Crippen molar-refractivity contribution in [3.8, 4) is 22.3 Å².